The van der Waals surface area contributed by atoms with E-state index in [9.17, 15) is 29.4 Å². The van der Waals surface area contributed by atoms with Crippen molar-refractivity contribution in [3.63, 3.8) is 0 Å². The van der Waals surface area contributed by atoms with Crippen LogP contribution < -0.4 is 21.7 Å². The fourth-order valence-corrected chi connectivity index (χ4v) is 5.34. The van der Waals surface area contributed by atoms with E-state index in [1.54, 1.807) is 18.2 Å². The van der Waals surface area contributed by atoms with Crippen molar-refractivity contribution >= 4 is 23.6 Å². The first-order valence-corrected chi connectivity index (χ1v) is 17.0. The lowest BCUT2D eigenvalue weighted by molar-refractivity contribution is -0.126. The third-order valence-corrected chi connectivity index (χ3v) is 8.18. The number of unbranched alkanes of at least 4 members (excludes halogenated alkanes) is 7. The number of benzene rings is 2. The minimum atomic E-state index is -0.574. The average molecular weight is 639 g/mol. The van der Waals surface area contributed by atoms with Gasteiger partial charge in [0.2, 0.25) is 11.8 Å². The van der Waals surface area contributed by atoms with Crippen molar-refractivity contribution < 1.29 is 29.4 Å². The van der Waals surface area contributed by atoms with Crippen molar-refractivity contribution in [2.24, 2.45) is 5.92 Å². The van der Waals surface area contributed by atoms with Gasteiger partial charge in [-0.25, -0.2) is 0 Å². The number of carbonyl (C=O) groups is 4. The van der Waals surface area contributed by atoms with Crippen molar-refractivity contribution in [3.8, 4) is 11.5 Å². The molecule has 0 aliphatic carbocycles. The molecule has 10 heteroatoms. The number of amides is 4. The highest BCUT2D eigenvalue weighted by Gasteiger charge is 2.20. The molecule has 0 fully saturated rings. The van der Waals surface area contributed by atoms with Crippen molar-refractivity contribution in [3.05, 3.63) is 58.7 Å². The van der Waals surface area contributed by atoms with Gasteiger partial charge in [-0.1, -0.05) is 96.4 Å². The van der Waals surface area contributed by atoms with Crippen LogP contribution in [0, 0.1) is 5.92 Å². The Kier molecular flexibility index (Phi) is 17.9. The lowest BCUT2D eigenvalue weighted by Gasteiger charge is -2.17. The number of hydrazine groups is 2. The van der Waals surface area contributed by atoms with E-state index in [2.05, 4.69) is 42.5 Å². The Morgan fingerprint density at radius 3 is 1.61 bits per heavy atom. The number of nitrogens with one attached hydrogen (secondary N) is 4. The van der Waals surface area contributed by atoms with Crippen LogP contribution in [0.5, 0.6) is 11.5 Å². The molecule has 0 heterocycles. The molecule has 254 valence electrons. The number of aromatic hydroxyl groups is 2. The van der Waals surface area contributed by atoms with Crippen molar-refractivity contribution in [1.82, 2.24) is 21.7 Å². The van der Waals surface area contributed by atoms with Crippen LogP contribution in [0.1, 0.15) is 143 Å². The fourth-order valence-electron chi connectivity index (χ4n) is 5.34. The zero-order valence-corrected chi connectivity index (χ0v) is 27.9. The molecule has 4 amide bonds. The molecule has 0 spiro atoms. The molecular formula is C36H54N4O6. The Hall–Kier alpha value is -4.08. The smallest absolute Gasteiger partial charge is 0.273 e. The summed E-state index contributed by atoms with van der Waals surface area (Å²) in [6.07, 6.45) is 12.7. The first-order chi connectivity index (χ1) is 22.2. The maximum absolute atomic E-state index is 12.9. The molecule has 2 aromatic rings. The predicted octanol–water partition coefficient (Wildman–Crippen LogP) is 6.54. The number of phenolic OH excluding ortho intramolecular Hbond substituents is 2. The summed E-state index contributed by atoms with van der Waals surface area (Å²) >= 11 is 0. The molecule has 0 aliphatic heterocycles. The average Bonchev–Trinajstić information content (AvgIpc) is 3.05. The number of phenols is 2. The van der Waals surface area contributed by atoms with Gasteiger partial charge in [0, 0.05) is 12.3 Å². The lowest BCUT2D eigenvalue weighted by Crippen LogP contribution is -2.44. The van der Waals surface area contributed by atoms with E-state index in [4.69, 9.17) is 0 Å². The molecule has 2 aromatic carbocycles. The lowest BCUT2D eigenvalue weighted by atomic mass is 9.94. The summed E-state index contributed by atoms with van der Waals surface area (Å²) < 4.78 is 0. The normalized spacial score (nSPS) is 11.5. The Morgan fingerprint density at radius 2 is 1.09 bits per heavy atom. The van der Waals surface area contributed by atoms with Crippen LogP contribution in [-0.2, 0) is 22.4 Å². The van der Waals surface area contributed by atoms with Crippen LogP contribution in [0.3, 0.4) is 0 Å². The Morgan fingerprint density at radius 1 is 0.587 bits per heavy atom. The molecule has 0 saturated carbocycles. The molecule has 6 N–H and O–H groups in total. The number of carbonyl (C=O) groups excluding carboxylic acids is 4. The van der Waals surface area contributed by atoms with E-state index in [1.807, 2.05) is 6.07 Å². The van der Waals surface area contributed by atoms with Gasteiger partial charge in [-0.05, 0) is 68.2 Å². The standard InChI is InChI=1S/C36H54N4O6/c1-4-7-11-18-26-21-15-23-29(32(26)42)35(45)39-37-31(41)25-14-10-13-20-28(17-9-6-3)34(44)38-40-36(46)30-24-16-22-27(33(30)43)19-12-8-5-2/h15-16,21-24,28,42-43H,4-14,17-20,25H2,1-3H3,(H,37,41)(H,38,44)(H,39,45)(H,40,46). The summed E-state index contributed by atoms with van der Waals surface area (Å²) in [5.41, 5.74) is 11.5. The molecule has 10 nitrogen and oxygen atoms in total. The van der Waals surface area contributed by atoms with Gasteiger partial charge in [-0.3, -0.25) is 40.9 Å². The van der Waals surface area contributed by atoms with Gasteiger partial charge < -0.3 is 10.2 Å². The molecule has 0 aliphatic rings. The van der Waals surface area contributed by atoms with Gasteiger partial charge in [-0.15, -0.1) is 0 Å². The highest BCUT2D eigenvalue weighted by molar-refractivity contribution is 5.98. The Labute approximate surface area is 274 Å². The molecular weight excluding hydrogens is 584 g/mol. The summed E-state index contributed by atoms with van der Waals surface area (Å²) in [4.78, 5) is 50.6. The number of para-hydroxylation sites is 2. The summed E-state index contributed by atoms with van der Waals surface area (Å²) in [7, 11) is 0. The third-order valence-electron chi connectivity index (χ3n) is 8.18. The fraction of sp³-hybridized carbons (Fsp3) is 0.556. The molecule has 0 bridgehead atoms. The first-order valence-electron chi connectivity index (χ1n) is 17.0. The largest absolute Gasteiger partial charge is 0.507 e. The number of rotatable bonds is 20. The minimum absolute atomic E-state index is 0.0540. The molecule has 1 atom stereocenters. The van der Waals surface area contributed by atoms with Crippen LogP contribution >= 0.6 is 0 Å². The van der Waals surface area contributed by atoms with Gasteiger partial charge in [0.05, 0.1) is 11.1 Å². The summed E-state index contributed by atoms with van der Waals surface area (Å²) in [5.74, 6) is -2.17. The van der Waals surface area contributed by atoms with E-state index in [0.717, 1.165) is 51.4 Å². The van der Waals surface area contributed by atoms with Gasteiger partial charge >= 0.3 is 0 Å². The zero-order chi connectivity index (χ0) is 33.7. The highest BCUT2D eigenvalue weighted by Crippen LogP contribution is 2.25. The number of hydrogen-bond acceptors (Lipinski definition) is 6. The second kappa shape index (κ2) is 21.6. The molecule has 0 saturated heterocycles. The van der Waals surface area contributed by atoms with Crippen molar-refractivity contribution in [1.29, 1.82) is 0 Å². The van der Waals surface area contributed by atoms with E-state index < -0.39 is 11.8 Å². The zero-order valence-electron chi connectivity index (χ0n) is 27.9. The topological polar surface area (TPSA) is 157 Å². The van der Waals surface area contributed by atoms with E-state index in [-0.39, 0.29) is 46.8 Å². The van der Waals surface area contributed by atoms with Gasteiger partial charge in [0.15, 0.2) is 0 Å². The predicted molar refractivity (Wildman–Crippen MR) is 180 cm³/mol. The van der Waals surface area contributed by atoms with Gasteiger partial charge in [-0.2, -0.15) is 0 Å². The SMILES string of the molecule is CCCCCc1cccc(C(=O)NNC(=O)CCCCCC(CCCC)C(=O)NNC(=O)c2cccc(CCCCC)c2O)c1O. The van der Waals surface area contributed by atoms with Crippen molar-refractivity contribution in [2.45, 2.75) is 124 Å². The molecule has 46 heavy (non-hydrogen) atoms. The quantitative estimate of drug-likeness (QED) is 0.0714. The van der Waals surface area contributed by atoms with Gasteiger partial charge in [0.25, 0.3) is 11.8 Å². The van der Waals surface area contributed by atoms with Gasteiger partial charge in [0.1, 0.15) is 11.5 Å². The van der Waals surface area contributed by atoms with Crippen molar-refractivity contribution in [2.75, 3.05) is 0 Å². The van der Waals surface area contributed by atoms with Crippen LogP contribution in [-0.4, -0.2) is 33.8 Å². The summed E-state index contributed by atoms with van der Waals surface area (Å²) in [6.45, 7) is 6.26. The minimum Gasteiger partial charge on any atom is -0.507 e. The van der Waals surface area contributed by atoms with E-state index in [1.165, 1.54) is 12.1 Å². The number of hydrogen-bond donors (Lipinski definition) is 6. The summed E-state index contributed by atoms with van der Waals surface area (Å²) in [5, 5.41) is 21.1. The van der Waals surface area contributed by atoms with Crippen LogP contribution in [0.25, 0.3) is 0 Å². The first kappa shape index (κ1) is 38.1. The maximum Gasteiger partial charge on any atom is 0.273 e. The molecule has 0 radical (unpaired) electrons. The second-order valence-electron chi connectivity index (χ2n) is 11.9. The van der Waals surface area contributed by atoms with E-state index >= 15 is 0 Å². The van der Waals surface area contributed by atoms with Crippen LogP contribution in [0.4, 0.5) is 0 Å². The highest BCUT2D eigenvalue weighted by atomic mass is 16.3. The maximum atomic E-state index is 12.9. The van der Waals surface area contributed by atoms with E-state index in [0.29, 0.717) is 56.1 Å². The molecule has 0 aromatic heterocycles. The second-order valence-corrected chi connectivity index (χ2v) is 11.9. The van der Waals surface area contributed by atoms with Crippen LogP contribution in [0.2, 0.25) is 0 Å². The summed E-state index contributed by atoms with van der Waals surface area (Å²) in [6, 6.07) is 10.1. The van der Waals surface area contributed by atoms with Crippen LogP contribution in [0.15, 0.2) is 36.4 Å². The molecule has 2 rings (SSSR count). The third kappa shape index (κ3) is 13.1. The molecule has 1 unspecified atom stereocenters. The Bertz CT molecular complexity index is 1270. The Balaban J connectivity index is 1.76. The monoisotopic (exact) mass is 638 g/mol. The number of aryl methyl sites for hydroxylation is 2.